The van der Waals surface area contributed by atoms with Crippen molar-refractivity contribution >= 4 is 15.7 Å². The maximum absolute atomic E-state index is 14.2. The van der Waals surface area contributed by atoms with Gasteiger partial charge in [-0.3, -0.25) is 4.79 Å². The monoisotopic (exact) mass is 530 g/mol. The molecule has 2 heterocycles. The molecule has 2 saturated heterocycles. The van der Waals surface area contributed by atoms with E-state index in [2.05, 4.69) is 66.5 Å². The van der Waals surface area contributed by atoms with Crippen molar-refractivity contribution in [2.75, 3.05) is 25.9 Å². The molecule has 1 N–H and O–H groups in total. The Labute approximate surface area is 227 Å². The maximum Gasteiger partial charge on any atom is 0.227 e. The third kappa shape index (κ3) is 5.43. The second-order valence-electron chi connectivity index (χ2n) is 11.2. The van der Waals surface area contributed by atoms with Crippen molar-refractivity contribution in [2.24, 2.45) is 11.8 Å². The van der Waals surface area contributed by atoms with Crippen molar-refractivity contribution < 1.29 is 13.2 Å². The van der Waals surface area contributed by atoms with Crippen LogP contribution >= 0.6 is 0 Å². The first kappa shape index (κ1) is 26.6. The van der Waals surface area contributed by atoms with Gasteiger partial charge in [0.2, 0.25) is 5.91 Å². The van der Waals surface area contributed by atoms with Gasteiger partial charge in [-0.2, -0.15) is 0 Å². The van der Waals surface area contributed by atoms with Crippen LogP contribution < -0.4 is 5.32 Å². The minimum atomic E-state index is -3.25. The van der Waals surface area contributed by atoms with Crippen LogP contribution in [0.4, 0.5) is 0 Å². The summed E-state index contributed by atoms with van der Waals surface area (Å²) < 4.78 is 23.9. The molecule has 0 spiro atoms. The van der Waals surface area contributed by atoms with Gasteiger partial charge in [0.25, 0.3) is 0 Å². The topological polar surface area (TPSA) is 66.5 Å². The molecule has 2 aliphatic rings. The largest absolute Gasteiger partial charge is 0.339 e. The van der Waals surface area contributed by atoms with Gasteiger partial charge in [-0.15, -0.1) is 0 Å². The van der Waals surface area contributed by atoms with Gasteiger partial charge < -0.3 is 10.2 Å². The molecule has 0 bridgehead atoms. The smallest absolute Gasteiger partial charge is 0.227 e. The fourth-order valence-electron chi connectivity index (χ4n) is 6.37. The number of carbonyl (C=O) groups excluding carboxylic acids is 1. The zero-order chi connectivity index (χ0) is 26.9. The molecule has 0 aliphatic carbocycles. The number of carbonyl (C=O) groups is 1. The number of benzene rings is 3. The Balaban J connectivity index is 1.40. The first-order valence-corrected chi connectivity index (χ1v) is 15.6. The second kappa shape index (κ2) is 11.0. The number of sulfone groups is 1. The van der Waals surface area contributed by atoms with E-state index in [1.807, 2.05) is 24.3 Å². The Kier molecular flexibility index (Phi) is 7.73. The molecule has 38 heavy (non-hydrogen) atoms. The second-order valence-corrected chi connectivity index (χ2v) is 13.2. The van der Waals surface area contributed by atoms with E-state index in [0.29, 0.717) is 23.3 Å². The summed E-state index contributed by atoms with van der Waals surface area (Å²) in [5.74, 6) is 1.07. The van der Waals surface area contributed by atoms with E-state index in [1.54, 1.807) is 12.1 Å². The first-order valence-electron chi connectivity index (χ1n) is 13.7. The van der Waals surface area contributed by atoms with Crippen LogP contribution in [0.2, 0.25) is 0 Å². The molecule has 2 aliphatic heterocycles. The van der Waals surface area contributed by atoms with Crippen molar-refractivity contribution in [3.63, 3.8) is 0 Å². The summed E-state index contributed by atoms with van der Waals surface area (Å²) in [6.45, 7) is 6.69. The zero-order valence-electron chi connectivity index (χ0n) is 22.5. The molecule has 0 aromatic heterocycles. The maximum atomic E-state index is 14.2. The van der Waals surface area contributed by atoms with Crippen LogP contribution in [0.3, 0.4) is 0 Å². The van der Waals surface area contributed by atoms with Crippen molar-refractivity contribution in [2.45, 2.75) is 49.5 Å². The summed E-state index contributed by atoms with van der Waals surface area (Å²) in [6.07, 6.45) is 3.22. The Morgan fingerprint density at radius 2 is 1.61 bits per heavy atom. The Bertz CT molecular complexity index is 1370. The number of piperidine rings is 1. The van der Waals surface area contributed by atoms with Gasteiger partial charge in [0, 0.05) is 37.8 Å². The Morgan fingerprint density at radius 3 is 2.29 bits per heavy atom. The molecule has 5 rings (SSSR count). The van der Waals surface area contributed by atoms with Crippen molar-refractivity contribution in [1.82, 2.24) is 10.2 Å². The van der Waals surface area contributed by atoms with E-state index in [-0.39, 0.29) is 23.8 Å². The van der Waals surface area contributed by atoms with Crippen molar-refractivity contribution in [3.8, 4) is 11.1 Å². The first-order chi connectivity index (χ1) is 18.2. The fraction of sp³-hybridized carbons (Fsp3) is 0.406. The molecule has 5 nitrogen and oxygen atoms in total. The third-order valence-corrected chi connectivity index (χ3v) is 9.58. The van der Waals surface area contributed by atoms with E-state index < -0.39 is 9.84 Å². The quantitative estimate of drug-likeness (QED) is 0.458. The summed E-state index contributed by atoms with van der Waals surface area (Å²) in [5.41, 5.74) is 4.54. The Hall–Kier alpha value is -2.96. The summed E-state index contributed by atoms with van der Waals surface area (Å²) >= 11 is 0. The number of hydrogen-bond acceptors (Lipinski definition) is 4. The predicted molar refractivity (Wildman–Crippen MR) is 153 cm³/mol. The van der Waals surface area contributed by atoms with Crippen LogP contribution in [-0.4, -0.2) is 51.2 Å². The lowest BCUT2D eigenvalue weighted by Gasteiger charge is -2.43. The number of nitrogens with one attached hydrogen (secondary N) is 1. The summed E-state index contributed by atoms with van der Waals surface area (Å²) in [7, 11) is -3.25. The molecule has 3 aromatic carbocycles. The average Bonchev–Trinajstić information content (AvgIpc) is 3.42. The summed E-state index contributed by atoms with van der Waals surface area (Å²) in [6, 6.07) is 26.3. The number of nitrogens with zero attached hydrogens (tertiary/aromatic N) is 1. The fourth-order valence-corrected chi connectivity index (χ4v) is 7.00. The summed E-state index contributed by atoms with van der Waals surface area (Å²) in [4.78, 5) is 16.7. The zero-order valence-corrected chi connectivity index (χ0v) is 23.3. The minimum Gasteiger partial charge on any atom is -0.339 e. The molecule has 3 aromatic rings. The molecule has 6 heteroatoms. The highest BCUT2D eigenvalue weighted by atomic mass is 32.2. The van der Waals surface area contributed by atoms with Gasteiger partial charge in [-0.25, -0.2) is 8.42 Å². The Morgan fingerprint density at radius 1 is 0.921 bits per heavy atom. The predicted octanol–water partition coefficient (Wildman–Crippen LogP) is 5.49. The van der Waals surface area contributed by atoms with Crippen LogP contribution in [0.25, 0.3) is 11.1 Å². The highest BCUT2D eigenvalue weighted by Crippen LogP contribution is 2.40. The molecule has 2 fully saturated rings. The van der Waals surface area contributed by atoms with Gasteiger partial charge in [0.05, 0.1) is 10.8 Å². The van der Waals surface area contributed by atoms with Gasteiger partial charge in [-0.05, 0) is 59.1 Å². The molecule has 4 atom stereocenters. The van der Waals surface area contributed by atoms with E-state index in [0.717, 1.165) is 42.6 Å². The lowest BCUT2D eigenvalue weighted by molar-refractivity contribution is -0.140. The number of likely N-dealkylation sites (tertiary alicyclic amines) is 1. The van der Waals surface area contributed by atoms with Gasteiger partial charge >= 0.3 is 0 Å². The molecular weight excluding hydrogens is 492 g/mol. The molecule has 2 unspecified atom stereocenters. The van der Waals surface area contributed by atoms with Crippen LogP contribution in [0.1, 0.15) is 49.7 Å². The van der Waals surface area contributed by atoms with Crippen LogP contribution in [0.5, 0.6) is 0 Å². The lowest BCUT2D eigenvalue weighted by atomic mass is 9.79. The van der Waals surface area contributed by atoms with Crippen LogP contribution in [0, 0.1) is 11.8 Å². The lowest BCUT2D eigenvalue weighted by Crippen LogP contribution is -2.51. The molecule has 200 valence electrons. The van der Waals surface area contributed by atoms with E-state index >= 15 is 0 Å². The van der Waals surface area contributed by atoms with E-state index in [9.17, 15) is 13.2 Å². The number of amides is 1. The van der Waals surface area contributed by atoms with Crippen molar-refractivity contribution in [1.29, 1.82) is 0 Å². The highest BCUT2D eigenvalue weighted by Gasteiger charge is 2.42. The van der Waals surface area contributed by atoms with E-state index in [1.165, 1.54) is 11.8 Å². The van der Waals surface area contributed by atoms with E-state index in [4.69, 9.17) is 0 Å². The standard InChI is InChI=1S/C32H38N2O3S/c1-22(2)31-19-25(23-9-5-4-6-10-23)17-18-34(31)32(35)30-21-33-20-29(30)28-12-8-7-11-27(28)24-13-15-26(16-14-24)38(3,36)37/h4-16,22,25,29-31,33H,17-21H2,1-3H3/t25?,29-,30+,31?/m0/s1. The third-order valence-electron chi connectivity index (χ3n) is 8.45. The highest BCUT2D eigenvalue weighted by molar-refractivity contribution is 7.90. The van der Waals surface area contributed by atoms with Gasteiger partial charge in [0.15, 0.2) is 9.84 Å². The SMILES string of the molecule is CC(C)C1CC(c2ccccc2)CCN1C(=O)[C@@H]1CNC[C@H]1c1ccccc1-c1ccc(S(C)(=O)=O)cc1. The summed E-state index contributed by atoms with van der Waals surface area (Å²) in [5, 5.41) is 3.50. The van der Waals surface area contributed by atoms with Crippen molar-refractivity contribution in [3.05, 3.63) is 90.0 Å². The molecule has 1 amide bonds. The normalized spacial score (nSPS) is 24.1. The average molecular weight is 531 g/mol. The van der Waals surface area contributed by atoms with Crippen LogP contribution in [0.15, 0.2) is 83.8 Å². The van der Waals surface area contributed by atoms with Crippen LogP contribution in [-0.2, 0) is 14.6 Å². The molecule has 0 saturated carbocycles. The number of rotatable bonds is 6. The van der Waals surface area contributed by atoms with Gasteiger partial charge in [-0.1, -0.05) is 80.6 Å². The minimum absolute atomic E-state index is 0.0629. The van der Waals surface area contributed by atoms with Gasteiger partial charge in [0.1, 0.15) is 0 Å². The number of hydrogen-bond donors (Lipinski definition) is 1. The molecular formula is C32H38N2O3S. The molecule has 0 radical (unpaired) electrons.